The van der Waals surface area contributed by atoms with Gasteiger partial charge in [0.1, 0.15) is 0 Å². The molecule has 0 N–H and O–H groups in total. The third kappa shape index (κ3) is 8.62. The third-order valence-electron chi connectivity index (χ3n) is 3.09. The van der Waals surface area contributed by atoms with Crippen LogP contribution in [0.25, 0.3) is 0 Å². The molecular weight excluding hydrogens is 340 g/mol. The highest BCUT2D eigenvalue weighted by molar-refractivity contribution is 6.66. The molecular formula is C14H30O9Si. The molecule has 0 aromatic carbocycles. The molecule has 0 saturated carbocycles. The van der Waals surface area contributed by atoms with Crippen LogP contribution in [0.4, 0.5) is 0 Å². The van der Waals surface area contributed by atoms with Gasteiger partial charge in [0, 0.05) is 42.7 Å². The molecule has 0 aromatic heterocycles. The van der Waals surface area contributed by atoms with Gasteiger partial charge in [0.25, 0.3) is 0 Å². The minimum atomic E-state index is -3.27. The van der Waals surface area contributed by atoms with Crippen LogP contribution < -0.4 is 0 Å². The first-order valence-electron chi connectivity index (χ1n) is 7.26. The van der Waals surface area contributed by atoms with E-state index < -0.39 is 27.7 Å². The molecule has 0 aliphatic heterocycles. The maximum Gasteiger partial charge on any atom is 0.529 e. The lowest BCUT2D eigenvalue weighted by Gasteiger charge is -2.30. The van der Waals surface area contributed by atoms with Gasteiger partial charge in [-0.2, -0.15) is 0 Å². The van der Waals surface area contributed by atoms with Crippen LogP contribution in [-0.2, 0) is 41.7 Å². The fourth-order valence-electron chi connectivity index (χ4n) is 1.55. The standard InChI is InChI=1S/C14H30O9Si/c1-8-24(21-9-12(15-2)16-3,22-10-13(17-4)18-5)23-11-14(19-6)20-7/h8,12-14H,1,9-11H2,2-7H3. The molecule has 0 aromatic rings. The lowest BCUT2D eigenvalue weighted by atomic mass is 10.7. The van der Waals surface area contributed by atoms with Crippen LogP contribution in [0.1, 0.15) is 0 Å². The molecule has 0 rings (SSSR count). The van der Waals surface area contributed by atoms with Crippen molar-refractivity contribution >= 4 is 8.80 Å². The second kappa shape index (κ2) is 13.8. The van der Waals surface area contributed by atoms with E-state index in [1.54, 1.807) is 0 Å². The fraction of sp³-hybridized carbons (Fsp3) is 0.857. The summed E-state index contributed by atoms with van der Waals surface area (Å²) in [6.07, 6.45) is -1.69. The van der Waals surface area contributed by atoms with Gasteiger partial charge < -0.3 is 41.7 Å². The second-order valence-electron chi connectivity index (χ2n) is 4.44. The Morgan fingerprint density at radius 3 is 1.04 bits per heavy atom. The van der Waals surface area contributed by atoms with Crippen molar-refractivity contribution in [2.45, 2.75) is 18.9 Å². The second-order valence-corrected chi connectivity index (χ2v) is 6.92. The zero-order chi connectivity index (χ0) is 18.4. The number of rotatable bonds is 16. The minimum Gasteiger partial charge on any atom is -0.365 e. The van der Waals surface area contributed by atoms with Crippen LogP contribution in [0.15, 0.2) is 12.3 Å². The van der Waals surface area contributed by atoms with Crippen LogP contribution >= 0.6 is 0 Å². The maximum absolute atomic E-state index is 5.81. The average Bonchev–Trinajstić information content (AvgIpc) is 2.63. The topological polar surface area (TPSA) is 83.1 Å². The van der Waals surface area contributed by atoms with Gasteiger partial charge in [-0.05, 0) is 5.70 Å². The van der Waals surface area contributed by atoms with Gasteiger partial charge in [-0.25, -0.2) is 0 Å². The van der Waals surface area contributed by atoms with Crippen LogP contribution in [0, 0.1) is 0 Å². The predicted molar refractivity (Wildman–Crippen MR) is 87.2 cm³/mol. The summed E-state index contributed by atoms with van der Waals surface area (Å²) >= 11 is 0. The van der Waals surface area contributed by atoms with E-state index in [0.717, 1.165) is 0 Å². The quantitative estimate of drug-likeness (QED) is 0.286. The fourth-order valence-corrected chi connectivity index (χ4v) is 3.26. The van der Waals surface area contributed by atoms with Gasteiger partial charge in [-0.15, -0.1) is 0 Å². The zero-order valence-electron chi connectivity index (χ0n) is 15.3. The van der Waals surface area contributed by atoms with Crippen molar-refractivity contribution in [3.05, 3.63) is 12.3 Å². The van der Waals surface area contributed by atoms with E-state index in [4.69, 9.17) is 41.7 Å². The van der Waals surface area contributed by atoms with Crippen molar-refractivity contribution in [1.82, 2.24) is 0 Å². The van der Waals surface area contributed by atoms with E-state index in [0.29, 0.717) is 0 Å². The smallest absolute Gasteiger partial charge is 0.365 e. The zero-order valence-corrected chi connectivity index (χ0v) is 16.3. The minimum absolute atomic E-state index is 0.0977. The molecule has 0 saturated heterocycles. The summed E-state index contributed by atoms with van der Waals surface area (Å²) in [4.78, 5) is 0. The Kier molecular flexibility index (Phi) is 13.6. The lowest BCUT2D eigenvalue weighted by molar-refractivity contribution is -0.157. The Balaban J connectivity index is 4.93. The Bertz CT molecular complexity index is 266. The van der Waals surface area contributed by atoms with E-state index in [-0.39, 0.29) is 19.8 Å². The van der Waals surface area contributed by atoms with Crippen LogP contribution in [-0.4, -0.2) is 90.2 Å². The van der Waals surface area contributed by atoms with Gasteiger partial charge in [0.2, 0.25) is 0 Å². The molecule has 144 valence electrons. The SMILES string of the molecule is C=C[Si](OCC(OC)OC)(OCC(OC)OC)OCC(OC)OC. The molecule has 0 aliphatic rings. The molecule has 0 bridgehead atoms. The van der Waals surface area contributed by atoms with E-state index in [1.807, 2.05) is 0 Å². The number of hydrogen-bond acceptors (Lipinski definition) is 9. The van der Waals surface area contributed by atoms with Crippen molar-refractivity contribution in [2.75, 3.05) is 62.5 Å². The first kappa shape index (κ1) is 23.6. The third-order valence-corrected chi connectivity index (χ3v) is 5.30. The number of hydrogen-bond donors (Lipinski definition) is 0. The molecule has 0 radical (unpaired) electrons. The van der Waals surface area contributed by atoms with Crippen LogP contribution in [0.5, 0.6) is 0 Å². The highest BCUT2D eigenvalue weighted by Crippen LogP contribution is 2.15. The van der Waals surface area contributed by atoms with Gasteiger partial charge in [-0.1, -0.05) is 6.58 Å². The average molecular weight is 370 g/mol. The number of ether oxygens (including phenoxy) is 6. The monoisotopic (exact) mass is 370 g/mol. The van der Waals surface area contributed by atoms with Crippen molar-refractivity contribution < 1.29 is 41.7 Å². The van der Waals surface area contributed by atoms with Gasteiger partial charge >= 0.3 is 8.80 Å². The molecule has 24 heavy (non-hydrogen) atoms. The van der Waals surface area contributed by atoms with E-state index >= 15 is 0 Å². The molecule has 0 heterocycles. The first-order chi connectivity index (χ1) is 11.5. The molecule has 0 fully saturated rings. The largest absolute Gasteiger partial charge is 0.529 e. The Labute approximate surface area is 145 Å². The predicted octanol–water partition coefficient (Wildman–Crippen LogP) is 0.557. The van der Waals surface area contributed by atoms with Gasteiger partial charge in [0.15, 0.2) is 18.9 Å². The highest BCUT2D eigenvalue weighted by Gasteiger charge is 2.40. The molecule has 0 amide bonds. The summed E-state index contributed by atoms with van der Waals surface area (Å²) in [6, 6.07) is 0. The Morgan fingerprint density at radius 1 is 0.625 bits per heavy atom. The van der Waals surface area contributed by atoms with E-state index in [1.165, 1.54) is 48.4 Å². The normalized spacial score (nSPS) is 12.5. The molecule has 0 aliphatic carbocycles. The van der Waals surface area contributed by atoms with E-state index in [9.17, 15) is 0 Å². The summed E-state index contributed by atoms with van der Waals surface area (Å²) in [5.41, 5.74) is 1.50. The highest BCUT2D eigenvalue weighted by atomic mass is 28.4. The summed E-state index contributed by atoms with van der Waals surface area (Å²) < 4.78 is 48.1. The van der Waals surface area contributed by atoms with E-state index in [2.05, 4.69) is 6.58 Å². The van der Waals surface area contributed by atoms with Crippen LogP contribution in [0.3, 0.4) is 0 Å². The van der Waals surface area contributed by atoms with Gasteiger partial charge in [0.05, 0.1) is 19.8 Å². The summed E-state index contributed by atoms with van der Waals surface area (Å²) in [5, 5.41) is 0. The molecule has 10 heteroatoms. The Morgan fingerprint density at radius 2 is 0.875 bits per heavy atom. The molecule has 0 unspecified atom stereocenters. The lowest BCUT2D eigenvalue weighted by Crippen LogP contribution is -2.49. The number of methoxy groups -OCH3 is 6. The van der Waals surface area contributed by atoms with Gasteiger partial charge in [-0.3, -0.25) is 0 Å². The summed E-state index contributed by atoms with van der Waals surface area (Å²) in [5.74, 6) is 0. The summed E-state index contributed by atoms with van der Waals surface area (Å²) in [7, 11) is 5.78. The van der Waals surface area contributed by atoms with Crippen molar-refractivity contribution in [2.24, 2.45) is 0 Å². The first-order valence-corrected chi connectivity index (χ1v) is 9.07. The molecule has 0 spiro atoms. The maximum atomic E-state index is 5.81. The van der Waals surface area contributed by atoms with Crippen molar-refractivity contribution in [3.8, 4) is 0 Å². The molecule has 9 nitrogen and oxygen atoms in total. The molecule has 0 atom stereocenters. The van der Waals surface area contributed by atoms with Crippen LogP contribution in [0.2, 0.25) is 0 Å². The summed E-state index contributed by atoms with van der Waals surface area (Å²) in [6.45, 7) is 4.06. The Hall–Kier alpha value is -0.403. The van der Waals surface area contributed by atoms with Crippen molar-refractivity contribution in [1.29, 1.82) is 0 Å². The van der Waals surface area contributed by atoms with Crippen molar-refractivity contribution in [3.63, 3.8) is 0 Å².